The molecule has 100 valence electrons. The van der Waals surface area contributed by atoms with E-state index >= 15 is 0 Å². The molecule has 1 amide bonds. The van der Waals surface area contributed by atoms with E-state index in [1.54, 1.807) is 0 Å². The highest BCUT2D eigenvalue weighted by Gasteiger charge is 2.22. The zero-order chi connectivity index (χ0) is 13.2. The zero-order valence-corrected chi connectivity index (χ0v) is 12.5. The lowest BCUT2D eigenvalue weighted by Crippen LogP contribution is -2.41. The molecule has 1 heterocycles. The van der Waals surface area contributed by atoms with Crippen molar-refractivity contribution in [2.75, 3.05) is 11.1 Å². The standard InChI is InChI=1S/C11H18N4OS2/c1-11(2,3)13-8(16)6-17-10-15-14-9(18-10)12-7-4-5-7/h7H,4-6H2,1-3H3,(H,12,14)(H,13,16). The Morgan fingerprint density at radius 2 is 2.17 bits per heavy atom. The first-order valence-electron chi connectivity index (χ1n) is 5.96. The monoisotopic (exact) mass is 286 g/mol. The first-order valence-corrected chi connectivity index (χ1v) is 7.76. The molecule has 1 saturated carbocycles. The number of nitrogens with one attached hydrogen (secondary N) is 2. The molecule has 1 aliphatic carbocycles. The number of aromatic nitrogens is 2. The molecular formula is C11H18N4OS2. The average molecular weight is 286 g/mol. The number of thioether (sulfide) groups is 1. The molecule has 2 rings (SSSR count). The van der Waals surface area contributed by atoms with Gasteiger partial charge in [0.15, 0.2) is 4.34 Å². The van der Waals surface area contributed by atoms with Crippen LogP contribution in [0, 0.1) is 0 Å². The lowest BCUT2D eigenvalue weighted by Gasteiger charge is -2.19. The molecule has 0 radical (unpaired) electrons. The second-order valence-corrected chi connectivity index (χ2v) is 7.58. The summed E-state index contributed by atoms with van der Waals surface area (Å²) in [6.45, 7) is 5.91. The normalized spacial score (nSPS) is 15.5. The van der Waals surface area contributed by atoms with Crippen molar-refractivity contribution in [2.24, 2.45) is 0 Å². The number of carbonyl (C=O) groups excluding carboxylic acids is 1. The number of anilines is 1. The summed E-state index contributed by atoms with van der Waals surface area (Å²) < 4.78 is 0.835. The Hall–Kier alpha value is -0.820. The minimum atomic E-state index is -0.183. The lowest BCUT2D eigenvalue weighted by molar-refractivity contribution is -0.119. The number of hydrogen-bond acceptors (Lipinski definition) is 6. The fourth-order valence-corrected chi connectivity index (χ4v) is 2.94. The summed E-state index contributed by atoms with van der Waals surface area (Å²) in [5.74, 6) is 0.411. The van der Waals surface area contributed by atoms with E-state index in [4.69, 9.17) is 0 Å². The minimum absolute atomic E-state index is 0.0272. The fourth-order valence-electron chi connectivity index (χ4n) is 1.31. The van der Waals surface area contributed by atoms with Gasteiger partial charge in [-0.25, -0.2) is 0 Å². The maximum Gasteiger partial charge on any atom is 0.230 e. The van der Waals surface area contributed by atoms with Crippen LogP contribution in [-0.2, 0) is 4.79 Å². The third-order valence-electron chi connectivity index (χ3n) is 2.15. The van der Waals surface area contributed by atoms with Crippen molar-refractivity contribution < 1.29 is 4.79 Å². The van der Waals surface area contributed by atoms with Crippen molar-refractivity contribution in [3.8, 4) is 0 Å². The van der Waals surface area contributed by atoms with E-state index in [-0.39, 0.29) is 11.4 Å². The van der Waals surface area contributed by atoms with E-state index in [1.807, 2.05) is 20.8 Å². The Bertz CT molecular complexity index is 423. The second-order valence-electron chi connectivity index (χ2n) is 5.38. The Balaban J connectivity index is 1.75. The Kier molecular flexibility index (Phi) is 4.11. The van der Waals surface area contributed by atoms with Crippen LogP contribution in [0.25, 0.3) is 0 Å². The van der Waals surface area contributed by atoms with Gasteiger partial charge in [-0.05, 0) is 33.6 Å². The summed E-state index contributed by atoms with van der Waals surface area (Å²) in [5.41, 5.74) is -0.183. The Labute approximate surface area is 115 Å². The Morgan fingerprint density at radius 1 is 1.44 bits per heavy atom. The van der Waals surface area contributed by atoms with Crippen LogP contribution in [0.5, 0.6) is 0 Å². The van der Waals surface area contributed by atoms with Crippen molar-refractivity contribution in [3.63, 3.8) is 0 Å². The van der Waals surface area contributed by atoms with Gasteiger partial charge in [-0.15, -0.1) is 10.2 Å². The summed E-state index contributed by atoms with van der Waals surface area (Å²) in [7, 11) is 0. The van der Waals surface area contributed by atoms with Crippen LogP contribution in [0.1, 0.15) is 33.6 Å². The van der Waals surface area contributed by atoms with Crippen molar-refractivity contribution in [2.45, 2.75) is 49.5 Å². The molecule has 0 bridgehead atoms. The first kappa shape index (κ1) is 13.6. The second kappa shape index (κ2) is 5.44. The minimum Gasteiger partial charge on any atom is -0.357 e. The molecule has 0 unspecified atom stereocenters. The van der Waals surface area contributed by atoms with Crippen LogP contribution in [0.4, 0.5) is 5.13 Å². The molecule has 0 aromatic carbocycles. The summed E-state index contributed by atoms with van der Waals surface area (Å²) in [6, 6.07) is 0.583. The third-order valence-corrected chi connectivity index (χ3v) is 4.14. The topological polar surface area (TPSA) is 66.9 Å². The molecule has 5 nitrogen and oxygen atoms in total. The quantitative estimate of drug-likeness (QED) is 0.812. The third kappa shape index (κ3) is 4.81. The van der Waals surface area contributed by atoms with Gasteiger partial charge in [-0.2, -0.15) is 0 Å². The molecule has 1 aliphatic rings. The van der Waals surface area contributed by atoms with E-state index in [9.17, 15) is 4.79 Å². The van der Waals surface area contributed by atoms with Crippen molar-refractivity contribution >= 4 is 34.1 Å². The summed E-state index contributed by atoms with van der Waals surface area (Å²) in [4.78, 5) is 11.6. The molecule has 2 N–H and O–H groups in total. The predicted octanol–water partition coefficient (Wildman–Crippen LogP) is 2.12. The highest BCUT2D eigenvalue weighted by molar-refractivity contribution is 8.01. The van der Waals surface area contributed by atoms with Crippen LogP contribution in [0.3, 0.4) is 0 Å². The number of carbonyl (C=O) groups is 1. The highest BCUT2D eigenvalue weighted by atomic mass is 32.2. The van der Waals surface area contributed by atoms with Crippen LogP contribution in [0.15, 0.2) is 4.34 Å². The van der Waals surface area contributed by atoms with Gasteiger partial charge in [0, 0.05) is 11.6 Å². The number of hydrogen-bond donors (Lipinski definition) is 2. The van der Waals surface area contributed by atoms with E-state index in [2.05, 4.69) is 20.8 Å². The van der Waals surface area contributed by atoms with Crippen molar-refractivity contribution in [1.82, 2.24) is 15.5 Å². The van der Waals surface area contributed by atoms with E-state index in [0.29, 0.717) is 11.8 Å². The fraction of sp³-hybridized carbons (Fsp3) is 0.727. The molecule has 0 aliphatic heterocycles. The van der Waals surface area contributed by atoms with Crippen LogP contribution < -0.4 is 10.6 Å². The molecule has 0 saturated heterocycles. The van der Waals surface area contributed by atoms with Gasteiger partial charge >= 0.3 is 0 Å². The molecule has 0 spiro atoms. The molecule has 0 atom stereocenters. The summed E-state index contributed by atoms with van der Waals surface area (Å²) in [5, 5.41) is 15.2. The Morgan fingerprint density at radius 3 is 2.78 bits per heavy atom. The lowest BCUT2D eigenvalue weighted by atomic mass is 10.1. The maximum atomic E-state index is 11.6. The summed E-state index contributed by atoms with van der Waals surface area (Å²) in [6.07, 6.45) is 2.44. The molecule has 1 aromatic rings. The van der Waals surface area contributed by atoms with E-state index in [0.717, 1.165) is 9.47 Å². The molecular weight excluding hydrogens is 268 g/mol. The average Bonchev–Trinajstić information content (AvgIpc) is 2.91. The first-order chi connectivity index (χ1) is 8.42. The van der Waals surface area contributed by atoms with Crippen molar-refractivity contribution in [3.05, 3.63) is 0 Å². The number of rotatable bonds is 5. The molecule has 7 heteroatoms. The molecule has 18 heavy (non-hydrogen) atoms. The summed E-state index contributed by atoms with van der Waals surface area (Å²) >= 11 is 2.94. The largest absolute Gasteiger partial charge is 0.357 e. The van der Waals surface area contributed by atoms with Gasteiger partial charge in [0.2, 0.25) is 11.0 Å². The van der Waals surface area contributed by atoms with Gasteiger partial charge in [0.25, 0.3) is 0 Å². The van der Waals surface area contributed by atoms with E-state index in [1.165, 1.54) is 35.9 Å². The van der Waals surface area contributed by atoms with Crippen molar-refractivity contribution in [1.29, 1.82) is 0 Å². The molecule has 1 aromatic heterocycles. The SMILES string of the molecule is CC(C)(C)NC(=O)CSc1nnc(NC2CC2)s1. The zero-order valence-electron chi connectivity index (χ0n) is 10.8. The molecule has 1 fully saturated rings. The van der Waals surface area contributed by atoms with Gasteiger partial charge in [0.1, 0.15) is 0 Å². The number of nitrogens with zero attached hydrogens (tertiary/aromatic N) is 2. The van der Waals surface area contributed by atoms with Crippen LogP contribution >= 0.6 is 23.1 Å². The van der Waals surface area contributed by atoms with Crippen LogP contribution in [-0.4, -0.2) is 33.4 Å². The van der Waals surface area contributed by atoms with Gasteiger partial charge in [-0.3, -0.25) is 4.79 Å². The maximum absolute atomic E-state index is 11.6. The highest BCUT2D eigenvalue weighted by Crippen LogP contribution is 2.30. The smallest absolute Gasteiger partial charge is 0.230 e. The number of amides is 1. The van der Waals surface area contributed by atoms with E-state index < -0.39 is 0 Å². The van der Waals surface area contributed by atoms with Gasteiger partial charge in [0.05, 0.1) is 5.75 Å². The van der Waals surface area contributed by atoms with Gasteiger partial charge in [-0.1, -0.05) is 23.1 Å². The van der Waals surface area contributed by atoms with Gasteiger partial charge < -0.3 is 10.6 Å². The predicted molar refractivity (Wildman–Crippen MR) is 75.2 cm³/mol. The van der Waals surface area contributed by atoms with Crippen LogP contribution in [0.2, 0.25) is 0 Å².